The maximum atomic E-state index is 12.5. The first kappa shape index (κ1) is 25.9. The third-order valence-electron chi connectivity index (χ3n) is 6.27. The second-order valence-corrected chi connectivity index (χ2v) is 10.1. The Morgan fingerprint density at radius 1 is 1.05 bits per heavy atom. The van der Waals surface area contributed by atoms with E-state index in [9.17, 15) is 13.2 Å². The highest BCUT2D eigenvalue weighted by atomic mass is 32.1. The summed E-state index contributed by atoms with van der Waals surface area (Å²) in [5, 5.41) is 7.90. The van der Waals surface area contributed by atoms with E-state index in [4.69, 9.17) is 12.2 Å². The van der Waals surface area contributed by atoms with Crippen molar-refractivity contribution in [2.75, 3.05) is 5.32 Å². The van der Waals surface area contributed by atoms with Crippen molar-refractivity contribution in [2.24, 2.45) is 5.10 Å². The van der Waals surface area contributed by atoms with Crippen LogP contribution in [0.1, 0.15) is 27.8 Å². The molecule has 5 rings (SSSR count). The van der Waals surface area contributed by atoms with Crippen LogP contribution in [0.15, 0.2) is 65.8 Å². The van der Waals surface area contributed by atoms with Gasteiger partial charge in [-0.3, -0.25) is 5.43 Å². The number of para-hydroxylation sites is 1. The number of aryl methyl sites for hydroxylation is 3. The van der Waals surface area contributed by atoms with Gasteiger partial charge in [-0.1, -0.05) is 30.3 Å². The van der Waals surface area contributed by atoms with Crippen molar-refractivity contribution < 1.29 is 17.9 Å². The van der Waals surface area contributed by atoms with E-state index in [0.717, 1.165) is 62.5 Å². The molecule has 2 N–H and O–H groups in total. The van der Waals surface area contributed by atoms with Gasteiger partial charge in [0.25, 0.3) is 0 Å². The summed E-state index contributed by atoms with van der Waals surface area (Å²) in [6.45, 7) is 4.04. The number of aromatic nitrogens is 1. The second-order valence-electron chi connectivity index (χ2n) is 8.92. The van der Waals surface area contributed by atoms with Gasteiger partial charge < -0.3 is 10.1 Å². The minimum absolute atomic E-state index is 0.240. The molecule has 38 heavy (non-hydrogen) atoms. The first-order valence-electron chi connectivity index (χ1n) is 11.8. The third kappa shape index (κ3) is 5.71. The van der Waals surface area contributed by atoms with Gasteiger partial charge in [0, 0.05) is 11.3 Å². The van der Waals surface area contributed by atoms with Crippen LogP contribution in [0.5, 0.6) is 5.75 Å². The third-order valence-corrected chi connectivity index (χ3v) is 7.40. The number of hydrazone groups is 1. The highest BCUT2D eigenvalue weighted by Gasteiger charge is 2.31. The van der Waals surface area contributed by atoms with Crippen LogP contribution in [0.25, 0.3) is 21.7 Å². The molecule has 4 aromatic rings. The molecule has 194 valence electrons. The summed E-state index contributed by atoms with van der Waals surface area (Å²) in [7, 11) is 0. The summed E-state index contributed by atoms with van der Waals surface area (Å²) in [5.74, 6) is -0.240. The number of alkyl halides is 3. The second kappa shape index (κ2) is 10.5. The Morgan fingerprint density at radius 2 is 1.79 bits per heavy atom. The van der Waals surface area contributed by atoms with Gasteiger partial charge >= 0.3 is 6.36 Å². The number of fused-ring (bicyclic) bond motifs is 3. The van der Waals surface area contributed by atoms with Gasteiger partial charge in [0.1, 0.15) is 5.75 Å². The molecule has 0 aliphatic heterocycles. The molecular weight excluding hydrogens is 529 g/mol. The number of halogens is 3. The van der Waals surface area contributed by atoms with Crippen molar-refractivity contribution in [2.45, 2.75) is 33.1 Å². The van der Waals surface area contributed by atoms with Crippen LogP contribution in [0.3, 0.4) is 0 Å². The molecule has 0 fully saturated rings. The standard InChI is InChI=1S/C28H23F3N4OS2/c1-16-4-3-5-17(2)24(16)33-27(37)34-32-15-18-6-12-22-20(14-18)9-13-23-25(22)35-38-26(23)19-7-10-21(11-8-19)36-28(29,30)31/h3-8,10-12,14-15H,9,13H2,1-2H3,(H2,33,34,37)/b32-15+. The van der Waals surface area contributed by atoms with Crippen LogP contribution >= 0.6 is 23.8 Å². The monoisotopic (exact) mass is 552 g/mol. The molecule has 5 nitrogen and oxygen atoms in total. The molecular formula is C28H23F3N4OS2. The zero-order valence-corrected chi connectivity index (χ0v) is 22.2. The number of hydrogen-bond donors (Lipinski definition) is 2. The van der Waals surface area contributed by atoms with Crippen LogP contribution in [-0.2, 0) is 12.8 Å². The molecule has 0 radical (unpaired) electrons. The molecule has 0 saturated carbocycles. The zero-order valence-electron chi connectivity index (χ0n) is 20.5. The molecule has 1 aromatic heterocycles. The highest BCUT2D eigenvalue weighted by molar-refractivity contribution is 7.80. The fourth-order valence-corrected chi connectivity index (χ4v) is 5.59. The molecule has 0 atom stereocenters. The van der Waals surface area contributed by atoms with E-state index in [1.165, 1.54) is 29.2 Å². The van der Waals surface area contributed by atoms with E-state index in [2.05, 4.69) is 31.0 Å². The average molecular weight is 553 g/mol. The topological polar surface area (TPSA) is 58.5 Å². The number of benzene rings is 3. The van der Waals surface area contributed by atoms with Gasteiger partial charge in [-0.25, -0.2) is 0 Å². The van der Waals surface area contributed by atoms with Gasteiger partial charge in [-0.05, 0) is 114 Å². The molecule has 0 spiro atoms. The Morgan fingerprint density at radius 3 is 2.50 bits per heavy atom. The Balaban J connectivity index is 1.28. The molecule has 0 amide bonds. The summed E-state index contributed by atoms with van der Waals surface area (Å²) in [6.07, 6.45) is -1.37. The number of thiocarbonyl (C=S) groups is 1. The largest absolute Gasteiger partial charge is 0.573 e. The highest BCUT2D eigenvalue weighted by Crippen LogP contribution is 2.41. The fraction of sp³-hybridized carbons (Fsp3) is 0.179. The molecule has 0 saturated heterocycles. The van der Waals surface area contributed by atoms with Crippen molar-refractivity contribution in [3.8, 4) is 27.4 Å². The Hall–Kier alpha value is -3.76. The van der Waals surface area contributed by atoms with Crippen LogP contribution in [-0.4, -0.2) is 22.1 Å². The lowest BCUT2D eigenvalue weighted by molar-refractivity contribution is -0.274. The van der Waals surface area contributed by atoms with Crippen molar-refractivity contribution in [1.29, 1.82) is 0 Å². The maximum Gasteiger partial charge on any atom is 0.573 e. The summed E-state index contributed by atoms with van der Waals surface area (Å²) < 4.78 is 46.1. The summed E-state index contributed by atoms with van der Waals surface area (Å²) in [6, 6.07) is 18.1. The molecule has 1 aliphatic rings. The van der Waals surface area contributed by atoms with Gasteiger partial charge in [0.15, 0.2) is 5.11 Å². The molecule has 0 bridgehead atoms. The lowest BCUT2D eigenvalue weighted by Gasteiger charge is -2.17. The van der Waals surface area contributed by atoms with E-state index in [1.54, 1.807) is 18.3 Å². The minimum atomic E-state index is -4.71. The summed E-state index contributed by atoms with van der Waals surface area (Å²) in [5.41, 5.74) is 12.1. The number of rotatable bonds is 5. The minimum Gasteiger partial charge on any atom is -0.406 e. The average Bonchev–Trinajstić information content (AvgIpc) is 3.30. The predicted octanol–water partition coefficient (Wildman–Crippen LogP) is 7.41. The number of nitrogens with one attached hydrogen (secondary N) is 2. The Bertz CT molecular complexity index is 1510. The molecule has 1 heterocycles. The van der Waals surface area contributed by atoms with Crippen molar-refractivity contribution in [1.82, 2.24) is 9.80 Å². The Kier molecular flexibility index (Phi) is 7.18. The SMILES string of the molecule is Cc1cccc(C)c1NC(=S)N/N=C/c1ccc2c(c1)CCc1c-2nsc1-c1ccc(OC(F)(F)F)cc1. The van der Waals surface area contributed by atoms with E-state index < -0.39 is 6.36 Å². The van der Waals surface area contributed by atoms with E-state index in [0.29, 0.717) is 5.11 Å². The molecule has 3 aromatic carbocycles. The normalized spacial score (nSPS) is 12.7. The smallest absolute Gasteiger partial charge is 0.406 e. The Labute approximate surface area is 227 Å². The predicted molar refractivity (Wildman–Crippen MR) is 150 cm³/mol. The van der Waals surface area contributed by atoms with Gasteiger partial charge in [-0.2, -0.15) is 9.47 Å². The zero-order chi connectivity index (χ0) is 26.9. The number of ether oxygens (including phenoxy) is 1. The van der Waals surface area contributed by atoms with Crippen molar-refractivity contribution in [3.05, 3.63) is 88.5 Å². The van der Waals surface area contributed by atoms with Crippen LogP contribution in [0, 0.1) is 13.8 Å². The van der Waals surface area contributed by atoms with Crippen LogP contribution in [0.4, 0.5) is 18.9 Å². The lowest BCUT2D eigenvalue weighted by atomic mass is 9.87. The van der Waals surface area contributed by atoms with Gasteiger partial charge in [0.05, 0.1) is 16.8 Å². The first-order valence-corrected chi connectivity index (χ1v) is 13.0. The van der Waals surface area contributed by atoms with E-state index in [-0.39, 0.29) is 5.75 Å². The van der Waals surface area contributed by atoms with Crippen LogP contribution in [0.2, 0.25) is 0 Å². The lowest BCUT2D eigenvalue weighted by Crippen LogP contribution is -2.24. The molecule has 0 unspecified atom stereocenters. The van der Waals surface area contributed by atoms with Crippen molar-refractivity contribution in [3.63, 3.8) is 0 Å². The first-order chi connectivity index (χ1) is 18.2. The van der Waals surface area contributed by atoms with E-state index >= 15 is 0 Å². The quantitative estimate of drug-likeness (QED) is 0.153. The van der Waals surface area contributed by atoms with Gasteiger partial charge in [-0.15, -0.1) is 13.2 Å². The van der Waals surface area contributed by atoms with E-state index in [1.807, 2.05) is 44.2 Å². The summed E-state index contributed by atoms with van der Waals surface area (Å²) in [4.78, 5) is 0.962. The number of hydrogen-bond acceptors (Lipinski definition) is 5. The van der Waals surface area contributed by atoms with Gasteiger partial charge in [0.2, 0.25) is 0 Å². The molecule has 1 aliphatic carbocycles. The van der Waals surface area contributed by atoms with Crippen molar-refractivity contribution >= 4 is 40.8 Å². The maximum absolute atomic E-state index is 12.5. The number of nitrogens with zero attached hydrogens (tertiary/aromatic N) is 2. The molecule has 10 heteroatoms. The number of anilines is 1. The van der Waals surface area contributed by atoms with Crippen LogP contribution < -0.4 is 15.5 Å². The fourth-order valence-electron chi connectivity index (χ4n) is 4.50. The summed E-state index contributed by atoms with van der Waals surface area (Å²) >= 11 is 6.74.